The van der Waals surface area contributed by atoms with E-state index in [4.69, 9.17) is 9.47 Å². The van der Waals surface area contributed by atoms with E-state index in [1.165, 1.54) is 0 Å². The van der Waals surface area contributed by atoms with Crippen LogP contribution in [0.25, 0.3) is 0 Å². The standard InChI is InChI=1S/C18H17FO2.C2H6/c1-13-7-8-15(16(19)11-13)18(12-20-18)17(9-10-17)21-14-5-3-2-4-6-14;1-2/h2-8,11H,9-10,12H2,1H3;1-2H3. The van der Waals surface area contributed by atoms with Crippen molar-refractivity contribution in [2.75, 3.05) is 6.61 Å². The van der Waals surface area contributed by atoms with Crippen molar-refractivity contribution in [3.05, 3.63) is 65.5 Å². The smallest absolute Gasteiger partial charge is 0.159 e. The summed E-state index contributed by atoms with van der Waals surface area (Å²) in [7, 11) is 0. The summed E-state index contributed by atoms with van der Waals surface area (Å²) in [5, 5.41) is 0. The third-order valence-corrected chi connectivity index (χ3v) is 4.49. The van der Waals surface area contributed by atoms with Crippen molar-refractivity contribution in [3.8, 4) is 5.75 Å². The number of rotatable bonds is 4. The molecule has 1 atom stereocenters. The van der Waals surface area contributed by atoms with Gasteiger partial charge in [0.15, 0.2) is 5.60 Å². The molecule has 2 aromatic carbocycles. The van der Waals surface area contributed by atoms with Gasteiger partial charge >= 0.3 is 0 Å². The Kier molecular flexibility index (Phi) is 4.15. The van der Waals surface area contributed by atoms with Gasteiger partial charge in [-0.25, -0.2) is 4.39 Å². The highest BCUT2D eigenvalue weighted by atomic mass is 19.1. The van der Waals surface area contributed by atoms with E-state index < -0.39 is 11.2 Å². The molecule has 4 rings (SSSR count). The Hall–Kier alpha value is -1.87. The summed E-state index contributed by atoms with van der Waals surface area (Å²) in [6.45, 7) is 6.42. The van der Waals surface area contributed by atoms with Crippen LogP contribution in [0, 0.1) is 12.7 Å². The fourth-order valence-electron chi connectivity index (χ4n) is 3.10. The van der Waals surface area contributed by atoms with Crippen molar-refractivity contribution in [2.45, 2.75) is 44.8 Å². The lowest BCUT2D eigenvalue weighted by molar-refractivity contribution is 0.0702. The molecule has 1 heterocycles. The molecule has 2 fully saturated rings. The molecule has 2 aromatic rings. The SMILES string of the molecule is CC.Cc1ccc(C2(C3(Oc4ccccc4)CC3)CO2)c(F)c1. The normalized spacial score (nSPS) is 23.5. The van der Waals surface area contributed by atoms with Gasteiger partial charge in [0.1, 0.15) is 17.2 Å². The van der Waals surface area contributed by atoms with Crippen LogP contribution in [-0.4, -0.2) is 12.2 Å². The lowest BCUT2D eigenvalue weighted by Crippen LogP contribution is -2.36. The van der Waals surface area contributed by atoms with Crippen molar-refractivity contribution in [1.29, 1.82) is 0 Å². The van der Waals surface area contributed by atoms with Gasteiger partial charge in [-0.3, -0.25) is 0 Å². The van der Waals surface area contributed by atoms with Crippen LogP contribution >= 0.6 is 0 Å². The van der Waals surface area contributed by atoms with Gasteiger partial charge in [0.2, 0.25) is 0 Å². The molecule has 1 aliphatic carbocycles. The third kappa shape index (κ3) is 2.74. The maximum Gasteiger partial charge on any atom is 0.159 e. The van der Waals surface area contributed by atoms with Gasteiger partial charge in [0.25, 0.3) is 0 Å². The van der Waals surface area contributed by atoms with Gasteiger partial charge in [-0.2, -0.15) is 0 Å². The number of halogens is 1. The fraction of sp³-hybridized carbons (Fsp3) is 0.400. The highest BCUT2D eigenvalue weighted by Gasteiger charge is 2.71. The number of para-hydroxylation sites is 1. The van der Waals surface area contributed by atoms with Gasteiger partial charge in [-0.05, 0) is 43.5 Å². The fourth-order valence-corrected chi connectivity index (χ4v) is 3.10. The van der Waals surface area contributed by atoms with Crippen LogP contribution in [0.5, 0.6) is 5.75 Å². The molecule has 0 bridgehead atoms. The van der Waals surface area contributed by atoms with Crippen LogP contribution < -0.4 is 4.74 Å². The first-order valence-electron chi connectivity index (χ1n) is 8.30. The molecule has 1 aliphatic heterocycles. The molecule has 0 radical (unpaired) electrons. The molecule has 0 amide bonds. The van der Waals surface area contributed by atoms with E-state index >= 15 is 0 Å². The number of hydrogen-bond acceptors (Lipinski definition) is 2. The summed E-state index contributed by atoms with van der Waals surface area (Å²) in [4.78, 5) is 0. The van der Waals surface area contributed by atoms with E-state index in [1.54, 1.807) is 6.07 Å². The third-order valence-electron chi connectivity index (χ3n) is 4.49. The average molecular weight is 314 g/mol. The first kappa shape index (κ1) is 16.0. The number of ether oxygens (including phenoxy) is 2. The molecular formula is C20H23FO2. The van der Waals surface area contributed by atoms with E-state index in [1.807, 2.05) is 63.2 Å². The second-order valence-electron chi connectivity index (χ2n) is 6.01. The highest BCUT2D eigenvalue weighted by molar-refractivity contribution is 5.39. The zero-order valence-electron chi connectivity index (χ0n) is 13.9. The number of aryl methyl sites for hydroxylation is 1. The van der Waals surface area contributed by atoms with E-state index in [9.17, 15) is 4.39 Å². The van der Waals surface area contributed by atoms with Crippen molar-refractivity contribution >= 4 is 0 Å². The van der Waals surface area contributed by atoms with Crippen molar-refractivity contribution in [1.82, 2.24) is 0 Å². The van der Waals surface area contributed by atoms with E-state index in [0.29, 0.717) is 12.2 Å². The summed E-state index contributed by atoms with van der Waals surface area (Å²) < 4.78 is 26.3. The van der Waals surface area contributed by atoms with Crippen LogP contribution in [0.15, 0.2) is 48.5 Å². The van der Waals surface area contributed by atoms with Gasteiger partial charge in [0, 0.05) is 5.56 Å². The van der Waals surface area contributed by atoms with Crippen molar-refractivity contribution in [3.63, 3.8) is 0 Å². The quantitative estimate of drug-likeness (QED) is 0.741. The lowest BCUT2D eigenvalue weighted by atomic mass is 9.90. The number of hydrogen-bond donors (Lipinski definition) is 0. The van der Waals surface area contributed by atoms with Gasteiger partial charge < -0.3 is 9.47 Å². The first-order valence-corrected chi connectivity index (χ1v) is 8.30. The van der Waals surface area contributed by atoms with Crippen LogP contribution in [0.4, 0.5) is 4.39 Å². The maximum atomic E-state index is 14.3. The molecule has 2 nitrogen and oxygen atoms in total. The minimum Gasteiger partial charge on any atom is -0.484 e. The van der Waals surface area contributed by atoms with Crippen LogP contribution in [0.3, 0.4) is 0 Å². The van der Waals surface area contributed by atoms with Crippen LogP contribution in [-0.2, 0) is 10.3 Å². The summed E-state index contributed by atoms with van der Waals surface area (Å²) in [6.07, 6.45) is 1.80. The molecule has 3 heteroatoms. The van der Waals surface area contributed by atoms with E-state index in [0.717, 1.165) is 24.2 Å². The largest absolute Gasteiger partial charge is 0.484 e. The molecule has 1 unspecified atom stereocenters. The molecule has 1 saturated carbocycles. The second-order valence-corrected chi connectivity index (χ2v) is 6.01. The number of epoxide rings is 1. The van der Waals surface area contributed by atoms with Crippen molar-refractivity contribution < 1.29 is 13.9 Å². The topological polar surface area (TPSA) is 21.8 Å². The minimum atomic E-state index is -0.610. The Morgan fingerprint density at radius 2 is 1.70 bits per heavy atom. The molecule has 2 aliphatic rings. The Bertz CT molecular complexity index is 673. The Balaban J connectivity index is 0.000000753. The minimum absolute atomic E-state index is 0.199. The molecule has 122 valence electrons. The number of benzene rings is 2. The molecular weight excluding hydrogens is 291 g/mol. The molecule has 23 heavy (non-hydrogen) atoms. The average Bonchev–Trinajstić information content (AvgIpc) is 3.46. The zero-order chi connectivity index (χ0) is 16.5. The summed E-state index contributed by atoms with van der Waals surface area (Å²) >= 11 is 0. The Morgan fingerprint density at radius 1 is 1.04 bits per heavy atom. The zero-order valence-corrected chi connectivity index (χ0v) is 13.9. The van der Waals surface area contributed by atoms with E-state index in [2.05, 4.69) is 0 Å². The predicted octanol–water partition coefficient (Wildman–Crippen LogP) is 5.00. The summed E-state index contributed by atoms with van der Waals surface area (Å²) in [5.74, 6) is 0.618. The molecule has 0 aromatic heterocycles. The summed E-state index contributed by atoms with van der Waals surface area (Å²) in [5.41, 5.74) is 0.521. The highest BCUT2D eigenvalue weighted by Crippen LogP contribution is 2.61. The second kappa shape index (κ2) is 5.97. The van der Waals surface area contributed by atoms with Crippen LogP contribution in [0.1, 0.15) is 37.8 Å². The first-order chi connectivity index (χ1) is 11.2. The van der Waals surface area contributed by atoms with E-state index in [-0.39, 0.29) is 5.82 Å². The predicted molar refractivity (Wildman–Crippen MR) is 89.2 cm³/mol. The molecule has 1 saturated heterocycles. The molecule has 0 spiro atoms. The lowest BCUT2D eigenvalue weighted by Gasteiger charge is -2.26. The Labute approximate surface area is 137 Å². The van der Waals surface area contributed by atoms with Gasteiger partial charge in [-0.1, -0.05) is 44.2 Å². The van der Waals surface area contributed by atoms with Crippen molar-refractivity contribution in [2.24, 2.45) is 0 Å². The summed E-state index contributed by atoms with van der Waals surface area (Å²) in [6, 6.07) is 15.0. The monoisotopic (exact) mass is 314 g/mol. The maximum absolute atomic E-state index is 14.3. The Morgan fingerprint density at radius 3 is 2.22 bits per heavy atom. The van der Waals surface area contributed by atoms with Crippen LogP contribution in [0.2, 0.25) is 0 Å². The molecule has 0 N–H and O–H groups in total. The van der Waals surface area contributed by atoms with Gasteiger partial charge in [0.05, 0.1) is 6.61 Å². The van der Waals surface area contributed by atoms with Gasteiger partial charge in [-0.15, -0.1) is 0 Å².